The minimum Gasteiger partial charge on any atom is -0.455 e. The number of sulfone groups is 1. The van der Waals surface area contributed by atoms with Crippen LogP contribution in [0.1, 0.15) is 6.42 Å². The molecule has 1 aromatic carbocycles. The van der Waals surface area contributed by atoms with Crippen LogP contribution in [0.25, 0.3) is 0 Å². The van der Waals surface area contributed by atoms with Crippen molar-refractivity contribution in [2.45, 2.75) is 11.7 Å². The molecule has 0 spiro atoms. The third kappa shape index (κ3) is 5.63. The molecule has 0 bridgehead atoms. The topological polar surface area (TPSA) is 89.5 Å². The van der Waals surface area contributed by atoms with Crippen molar-refractivity contribution in [3.05, 3.63) is 29.6 Å². The van der Waals surface area contributed by atoms with Crippen molar-refractivity contribution < 1.29 is 35.9 Å². The van der Waals surface area contributed by atoms with Crippen LogP contribution in [0.5, 0.6) is 0 Å². The molecule has 1 amide bonds. The predicted octanol–water partition coefficient (Wildman–Crippen LogP) is 1.51. The maximum Gasteiger partial charge on any atom is 0.316 e. The number of thioether (sulfide) groups is 1. The third-order valence-corrected chi connectivity index (χ3v) is 6.56. The number of carbonyl (C=O) groups excluding carboxylic acids is 2. The van der Waals surface area contributed by atoms with Crippen LogP contribution in [0.2, 0.25) is 0 Å². The average molecular weight is 397 g/mol. The second-order valence-electron chi connectivity index (χ2n) is 5.27. The van der Waals surface area contributed by atoms with Crippen molar-refractivity contribution in [3.63, 3.8) is 0 Å². The van der Waals surface area contributed by atoms with Gasteiger partial charge in [-0.3, -0.25) is 9.59 Å². The van der Waals surface area contributed by atoms with E-state index in [0.29, 0.717) is 12.5 Å². The zero-order chi connectivity index (χ0) is 18.6. The van der Waals surface area contributed by atoms with Crippen LogP contribution in [-0.4, -0.2) is 49.4 Å². The molecule has 0 saturated carbocycles. The number of halogens is 3. The SMILES string of the molecule is O=C(COC(=O)CS[C@H]1CCS(=O)(=O)C1)Nc1ccc(F)c(F)c1F. The summed E-state index contributed by atoms with van der Waals surface area (Å²) in [4.78, 5) is 23.1. The molecule has 1 atom stereocenters. The van der Waals surface area contributed by atoms with Crippen molar-refractivity contribution in [2.75, 3.05) is 29.2 Å². The summed E-state index contributed by atoms with van der Waals surface area (Å²) in [5.41, 5.74) is -0.578. The molecule has 0 radical (unpaired) electrons. The first-order valence-electron chi connectivity index (χ1n) is 7.09. The minimum absolute atomic E-state index is 0.000834. The maximum atomic E-state index is 13.4. The maximum absolute atomic E-state index is 13.4. The van der Waals surface area contributed by atoms with Crippen molar-refractivity contribution in [1.29, 1.82) is 0 Å². The van der Waals surface area contributed by atoms with E-state index < -0.39 is 51.5 Å². The number of anilines is 1. The molecule has 1 aromatic rings. The molecule has 1 heterocycles. The smallest absolute Gasteiger partial charge is 0.316 e. The van der Waals surface area contributed by atoms with Gasteiger partial charge < -0.3 is 10.1 Å². The van der Waals surface area contributed by atoms with E-state index in [1.54, 1.807) is 0 Å². The molecular weight excluding hydrogens is 383 g/mol. The number of esters is 1. The molecule has 0 aliphatic carbocycles. The predicted molar refractivity (Wildman–Crippen MR) is 85.4 cm³/mol. The number of ether oxygens (including phenoxy) is 1. The minimum atomic E-state index is -3.04. The summed E-state index contributed by atoms with van der Waals surface area (Å²) in [5.74, 6) is -6.39. The van der Waals surface area contributed by atoms with E-state index in [-0.39, 0.29) is 22.5 Å². The van der Waals surface area contributed by atoms with Gasteiger partial charge in [-0.05, 0) is 18.6 Å². The number of hydrogen-bond acceptors (Lipinski definition) is 6. The molecular formula is C14H14F3NO5S2. The Morgan fingerprint density at radius 1 is 1.24 bits per heavy atom. The quantitative estimate of drug-likeness (QED) is 0.578. The summed E-state index contributed by atoms with van der Waals surface area (Å²) in [6, 6.07) is 1.48. The largest absolute Gasteiger partial charge is 0.455 e. The standard InChI is InChI=1S/C14H14F3NO5S2/c15-9-1-2-10(14(17)13(9)16)18-11(19)5-23-12(20)6-24-8-3-4-25(21,22)7-8/h1-2,8H,3-7H2,(H,18,19)/t8-/m0/s1. The molecule has 1 aliphatic heterocycles. The summed E-state index contributed by atoms with van der Waals surface area (Å²) in [6.07, 6.45) is 0.455. The Bertz CT molecular complexity index is 785. The van der Waals surface area contributed by atoms with E-state index in [1.807, 2.05) is 5.32 Å². The highest BCUT2D eigenvalue weighted by molar-refractivity contribution is 8.02. The Morgan fingerprint density at radius 3 is 2.60 bits per heavy atom. The average Bonchev–Trinajstić information content (AvgIpc) is 2.90. The highest BCUT2D eigenvalue weighted by Crippen LogP contribution is 2.24. The zero-order valence-corrected chi connectivity index (χ0v) is 14.4. The highest BCUT2D eigenvalue weighted by atomic mass is 32.2. The third-order valence-electron chi connectivity index (χ3n) is 3.30. The van der Waals surface area contributed by atoms with E-state index in [2.05, 4.69) is 4.74 Å². The lowest BCUT2D eigenvalue weighted by molar-refractivity contribution is -0.144. The first kappa shape index (κ1) is 19.6. The van der Waals surface area contributed by atoms with Crippen LogP contribution in [0.15, 0.2) is 12.1 Å². The molecule has 1 fully saturated rings. The lowest BCUT2D eigenvalue weighted by atomic mass is 10.3. The molecule has 2 rings (SSSR count). The van der Waals surface area contributed by atoms with Gasteiger partial charge in [0.15, 0.2) is 33.9 Å². The Kier molecular flexibility index (Phi) is 6.33. The van der Waals surface area contributed by atoms with E-state index in [1.165, 1.54) is 0 Å². The summed E-state index contributed by atoms with van der Waals surface area (Å²) in [5, 5.41) is 1.77. The molecule has 6 nitrogen and oxygen atoms in total. The van der Waals surface area contributed by atoms with Crippen molar-refractivity contribution >= 4 is 39.2 Å². The Labute approximate surface area is 146 Å². The van der Waals surface area contributed by atoms with Crippen LogP contribution < -0.4 is 5.32 Å². The van der Waals surface area contributed by atoms with Gasteiger partial charge in [0, 0.05) is 5.25 Å². The first-order valence-corrected chi connectivity index (χ1v) is 9.96. The Morgan fingerprint density at radius 2 is 1.96 bits per heavy atom. The van der Waals surface area contributed by atoms with Gasteiger partial charge in [0.1, 0.15) is 0 Å². The van der Waals surface area contributed by atoms with Crippen molar-refractivity contribution in [1.82, 2.24) is 0 Å². The molecule has 138 valence electrons. The molecule has 1 N–H and O–H groups in total. The van der Waals surface area contributed by atoms with Crippen LogP contribution >= 0.6 is 11.8 Å². The van der Waals surface area contributed by atoms with Crippen molar-refractivity contribution in [2.24, 2.45) is 0 Å². The normalized spacial score (nSPS) is 18.8. The van der Waals surface area contributed by atoms with Crippen LogP contribution in [0.4, 0.5) is 18.9 Å². The number of hydrogen-bond donors (Lipinski definition) is 1. The Balaban J connectivity index is 1.74. The fraction of sp³-hybridized carbons (Fsp3) is 0.429. The molecule has 25 heavy (non-hydrogen) atoms. The van der Waals surface area contributed by atoms with Gasteiger partial charge >= 0.3 is 5.97 Å². The van der Waals surface area contributed by atoms with Gasteiger partial charge in [-0.25, -0.2) is 21.6 Å². The van der Waals surface area contributed by atoms with Gasteiger partial charge in [-0.2, -0.15) is 0 Å². The van der Waals surface area contributed by atoms with Gasteiger partial charge in [0.2, 0.25) is 0 Å². The molecule has 1 aliphatic rings. The summed E-state index contributed by atoms with van der Waals surface area (Å²) < 4.78 is 66.4. The molecule has 1 saturated heterocycles. The van der Waals surface area contributed by atoms with Crippen LogP contribution in [0, 0.1) is 17.5 Å². The highest BCUT2D eigenvalue weighted by Gasteiger charge is 2.28. The Hall–Kier alpha value is -1.75. The van der Waals surface area contributed by atoms with Gasteiger partial charge in [0.25, 0.3) is 5.91 Å². The van der Waals surface area contributed by atoms with Gasteiger partial charge in [-0.1, -0.05) is 0 Å². The van der Waals surface area contributed by atoms with E-state index in [9.17, 15) is 31.2 Å². The fourth-order valence-electron chi connectivity index (χ4n) is 2.07. The van der Waals surface area contributed by atoms with Gasteiger partial charge in [0.05, 0.1) is 22.9 Å². The van der Waals surface area contributed by atoms with E-state index in [0.717, 1.165) is 17.8 Å². The van der Waals surface area contributed by atoms with Crippen LogP contribution in [0.3, 0.4) is 0 Å². The summed E-state index contributed by atoms with van der Waals surface area (Å²) >= 11 is 1.12. The summed E-state index contributed by atoms with van der Waals surface area (Å²) in [6.45, 7) is -0.735. The summed E-state index contributed by atoms with van der Waals surface area (Å²) in [7, 11) is -3.04. The molecule has 11 heteroatoms. The lowest BCUT2D eigenvalue weighted by Gasteiger charge is -2.09. The first-order chi connectivity index (χ1) is 11.7. The number of rotatable bonds is 6. The monoisotopic (exact) mass is 397 g/mol. The molecule has 0 unspecified atom stereocenters. The zero-order valence-electron chi connectivity index (χ0n) is 12.8. The van der Waals surface area contributed by atoms with Crippen LogP contribution in [-0.2, 0) is 24.2 Å². The molecule has 0 aromatic heterocycles. The van der Waals surface area contributed by atoms with E-state index >= 15 is 0 Å². The number of carbonyl (C=O) groups is 2. The fourth-order valence-corrected chi connectivity index (χ4v) is 5.51. The number of benzene rings is 1. The second-order valence-corrected chi connectivity index (χ2v) is 8.79. The van der Waals surface area contributed by atoms with Gasteiger partial charge in [-0.15, -0.1) is 11.8 Å². The number of nitrogens with one attached hydrogen (secondary N) is 1. The number of amides is 1. The van der Waals surface area contributed by atoms with E-state index in [4.69, 9.17) is 0 Å². The second kappa shape index (κ2) is 8.09. The lowest BCUT2D eigenvalue weighted by Crippen LogP contribution is -2.23. The van der Waals surface area contributed by atoms with Crippen molar-refractivity contribution in [3.8, 4) is 0 Å².